The summed E-state index contributed by atoms with van der Waals surface area (Å²) in [5.74, 6) is 0. The van der Waals surface area contributed by atoms with Crippen molar-refractivity contribution in [1.82, 2.24) is 0 Å². The first-order chi connectivity index (χ1) is 27.8. The number of para-hydroxylation sites is 2. The van der Waals surface area contributed by atoms with Gasteiger partial charge in [0, 0.05) is 50.9 Å². The first kappa shape index (κ1) is 34.3. The molecule has 2 aliphatic heterocycles. The molecule has 1 atom stereocenters. The van der Waals surface area contributed by atoms with Gasteiger partial charge in [-0.2, -0.15) is 0 Å². The number of hydrogen-bond donors (Lipinski definition) is 0. The standard InChI is InChI=1S/C52H46BN3/c1-2-3-17-38-32-34-43(35-33-38)56-49-37-36-42(54(40-20-6-4-7-21-40)47-29-14-19-39-18-10-11-25-44(39)47)24-15-27-46(49)53-45-26-12-13-28-48(45)55(41-22-8-5-9-23-41)50-30-16-31-51(56)52(50)53/h4-11,13-16,18-23,25,27-37,42H,2-3,12,17,24,26H2,1H3. The molecule has 0 fully saturated rings. The van der Waals surface area contributed by atoms with E-state index in [1.165, 1.54) is 91.1 Å². The number of allylic oxidation sites excluding steroid dienone is 6. The van der Waals surface area contributed by atoms with Crippen LogP contribution < -0.4 is 20.2 Å². The van der Waals surface area contributed by atoms with Crippen LogP contribution in [-0.2, 0) is 6.42 Å². The van der Waals surface area contributed by atoms with Gasteiger partial charge in [0.05, 0.1) is 6.04 Å². The molecule has 6 aromatic rings. The summed E-state index contributed by atoms with van der Waals surface area (Å²) >= 11 is 0. The van der Waals surface area contributed by atoms with Crippen LogP contribution in [0.5, 0.6) is 0 Å². The van der Waals surface area contributed by atoms with Crippen LogP contribution in [0.4, 0.5) is 34.1 Å². The summed E-state index contributed by atoms with van der Waals surface area (Å²) in [7, 11) is 0. The van der Waals surface area contributed by atoms with Crippen molar-refractivity contribution in [2.45, 2.75) is 51.5 Å². The molecular formula is C52H46BN3. The highest BCUT2D eigenvalue weighted by molar-refractivity contribution is 6.90. The SMILES string of the molecule is CCCCc1ccc(N2C3=C(C=CCC(N(c4ccccc4)c4cccc5ccccc45)C=C3)B3C4=C(C=CCC4)N(c4ccccc4)c4cccc2c43)cc1. The van der Waals surface area contributed by atoms with Crippen LogP contribution in [0.25, 0.3) is 10.8 Å². The van der Waals surface area contributed by atoms with Gasteiger partial charge in [0.15, 0.2) is 0 Å². The number of nitrogens with zero attached hydrogens (tertiary/aromatic N) is 3. The Morgan fingerprint density at radius 2 is 1.34 bits per heavy atom. The lowest BCUT2D eigenvalue weighted by molar-refractivity contribution is 0.791. The lowest BCUT2D eigenvalue weighted by Crippen LogP contribution is -2.50. The lowest BCUT2D eigenvalue weighted by Gasteiger charge is -2.46. The zero-order valence-electron chi connectivity index (χ0n) is 32.1. The van der Waals surface area contributed by atoms with E-state index in [0.717, 1.165) is 25.7 Å². The van der Waals surface area contributed by atoms with Gasteiger partial charge in [-0.15, -0.1) is 0 Å². The molecule has 4 heteroatoms. The van der Waals surface area contributed by atoms with Crippen molar-refractivity contribution in [2.24, 2.45) is 0 Å². The molecule has 1 unspecified atom stereocenters. The van der Waals surface area contributed by atoms with Crippen LogP contribution in [0.1, 0.15) is 44.6 Å². The molecule has 0 N–H and O–H groups in total. The molecule has 0 saturated heterocycles. The van der Waals surface area contributed by atoms with Gasteiger partial charge in [0.2, 0.25) is 6.71 Å². The van der Waals surface area contributed by atoms with E-state index >= 15 is 0 Å². The number of fused-ring (bicyclic) bond motifs is 3. The van der Waals surface area contributed by atoms with E-state index in [9.17, 15) is 0 Å². The summed E-state index contributed by atoms with van der Waals surface area (Å²) in [6, 6.07) is 53.8. The Hall–Kier alpha value is -6.26. The zero-order chi connectivity index (χ0) is 37.4. The fraction of sp³-hybridized carbons (Fsp3) is 0.154. The van der Waals surface area contributed by atoms with Crippen molar-refractivity contribution in [2.75, 3.05) is 14.7 Å². The molecule has 4 aliphatic rings. The Kier molecular flexibility index (Phi) is 9.03. The maximum absolute atomic E-state index is 2.55. The molecule has 3 nitrogen and oxygen atoms in total. The molecule has 2 heterocycles. The van der Waals surface area contributed by atoms with E-state index in [-0.39, 0.29) is 12.8 Å². The second-order valence-corrected chi connectivity index (χ2v) is 15.4. The maximum Gasteiger partial charge on any atom is 0.247 e. The van der Waals surface area contributed by atoms with Gasteiger partial charge in [-0.25, -0.2) is 0 Å². The number of anilines is 6. The largest absolute Gasteiger partial charge is 0.334 e. The summed E-state index contributed by atoms with van der Waals surface area (Å²) in [5, 5.41) is 2.51. The van der Waals surface area contributed by atoms with Gasteiger partial charge in [0.25, 0.3) is 0 Å². The van der Waals surface area contributed by atoms with Crippen LogP contribution >= 0.6 is 0 Å². The monoisotopic (exact) mass is 723 g/mol. The van der Waals surface area contributed by atoms with E-state index in [1.807, 2.05) is 0 Å². The molecule has 0 aromatic heterocycles. The molecule has 272 valence electrons. The van der Waals surface area contributed by atoms with E-state index in [2.05, 4.69) is 204 Å². The van der Waals surface area contributed by atoms with Crippen molar-refractivity contribution < 1.29 is 0 Å². The third-order valence-electron chi connectivity index (χ3n) is 12.0. The number of aryl methyl sites for hydroxylation is 1. The molecule has 6 aromatic carbocycles. The highest BCUT2D eigenvalue weighted by atomic mass is 15.2. The third-order valence-corrected chi connectivity index (χ3v) is 12.0. The number of unbranched alkanes of at least 4 members (excludes halogenated alkanes) is 1. The fourth-order valence-electron chi connectivity index (χ4n) is 9.46. The summed E-state index contributed by atoms with van der Waals surface area (Å²) < 4.78 is 0. The van der Waals surface area contributed by atoms with Gasteiger partial charge >= 0.3 is 0 Å². The molecule has 0 saturated carbocycles. The van der Waals surface area contributed by atoms with Crippen LogP contribution in [0.3, 0.4) is 0 Å². The number of hydrogen-bond acceptors (Lipinski definition) is 3. The molecule has 56 heavy (non-hydrogen) atoms. The molecule has 0 bridgehead atoms. The van der Waals surface area contributed by atoms with Crippen LogP contribution in [0.2, 0.25) is 0 Å². The minimum absolute atomic E-state index is 0.0897. The van der Waals surface area contributed by atoms with Crippen LogP contribution in [0, 0.1) is 0 Å². The predicted octanol–water partition coefficient (Wildman–Crippen LogP) is 12.8. The molecule has 10 rings (SSSR count). The fourth-order valence-corrected chi connectivity index (χ4v) is 9.46. The van der Waals surface area contributed by atoms with Crippen molar-refractivity contribution in [1.29, 1.82) is 0 Å². The minimum Gasteiger partial charge on any atom is -0.334 e. The van der Waals surface area contributed by atoms with E-state index < -0.39 is 0 Å². The normalized spacial score (nSPS) is 17.1. The van der Waals surface area contributed by atoms with Crippen LogP contribution in [0.15, 0.2) is 204 Å². The van der Waals surface area contributed by atoms with E-state index in [1.54, 1.807) is 0 Å². The number of rotatable bonds is 8. The Labute approximate surface area is 332 Å². The van der Waals surface area contributed by atoms with Crippen molar-refractivity contribution >= 4 is 57.1 Å². The Morgan fingerprint density at radius 1 is 0.643 bits per heavy atom. The molecule has 0 radical (unpaired) electrons. The average molecular weight is 724 g/mol. The van der Waals surface area contributed by atoms with Gasteiger partial charge in [0.1, 0.15) is 0 Å². The first-order valence-corrected chi connectivity index (χ1v) is 20.5. The highest BCUT2D eigenvalue weighted by Crippen LogP contribution is 2.48. The smallest absolute Gasteiger partial charge is 0.247 e. The Bertz CT molecular complexity index is 2560. The first-order valence-electron chi connectivity index (χ1n) is 20.5. The highest BCUT2D eigenvalue weighted by Gasteiger charge is 2.44. The van der Waals surface area contributed by atoms with Crippen molar-refractivity contribution in [3.8, 4) is 0 Å². The van der Waals surface area contributed by atoms with Crippen molar-refractivity contribution in [3.05, 3.63) is 210 Å². The second-order valence-electron chi connectivity index (χ2n) is 15.4. The number of benzene rings is 6. The predicted molar refractivity (Wildman–Crippen MR) is 239 cm³/mol. The molecule has 0 amide bonds. The Balaban J connectivity index is 1.18. The summed E-state index contributed by atoms with van der Waals surface area (Å²) in [5.41, 5.74) is 15.6. The van der Waals surface area contributed by atoms with Gasteiger partial charge in [-0.3, -0.25) is 0 Å². The van der Waals surface area contributed by atoms with Gasteiger partial charge < -0.3 is 14.7 Å². The zero-order valence-corrected chi connectivity index (χ0v) is 32.1. The minimum atomic E-state index is 0.0897. The molecule has 0 spiro atoms. The average Bonchev–Trinajstić information content (AvgIpc) is 3.25. The van der Waals surface area contributed by atoms with Gasteiger partial charge in [-0.05, 0) is 121 Å². The quantitative estimate of drug-likeness (QED) is 0.145. The summed E-state index contributed by atoms with van der Waals surface area (Å²) in [6.07, 6.45) is 21.1. The van der Waals surface area contributed by atoms with Crippen LogP contribution in [-0.4, -0.2) is 12.8 Å². The van der Waals surface area contributed by atoms with Crippen molar-refractivity contribution in [3.63, 3.8) is 0 Å². The van der Waals surface area contributed by atoms with Gasteiger partial charge in [-0.1, -0.05) is 134 Å². The second kappa shape index (κ2) is 14.8. The molecular weight excluding hydrogens is 677 g/mol. The van der Waals surface area contributed by atoms with E-state index in [0.29, 0.717) is 0 Å². The van der Waals surface area contributed by atoms with E-state index in [4.69, 9.17) is 0 Å². The Morgan fingerprint density at radius 3 is 2.14 bits per heavy atom. The summed E-state index contributed by atoms with van der Waals surface area (Å²) in [6.45, 7) is 2.44. The topological polar surface area (TPSA) is 9.72 Å². The third kappa shape index (κ3) is 5.92. The molecule has 2 aliphatic carbocycles. The lowest BCUT2D eigenvalue weighted by atomic mass is 9.31. The maximum atomic E-state index is 2.55. The summed E-state index contributed by atoms with van der Waals surface area (Å²) in [4.78, 5) is 7.61.